The number of nitrogens with zero attached hydrogens (tertiary/aromatic N) is 1. The van der Waals surface area contributed by atoms with Crippen LogP contribution >= 0.6 is 23.2 Å². The summed E-state index contributed by atoms with van der Waals surface area (Å²) in [6.45, 7) is 8.13. The summed E-state index contributed by atoms with van der Waals surface area (Å²) >= 11 is 12.3. The molecule has 1 aromatic rings. The molecule has 6 heteroatoms. The molecule has 23 heavy (non-hydrogen) atoms. The Morgan fingerprint density at radius 2 is 2.09 bits per heavy atom. The first kappa shape index (κ1) is 18.5. The van der Waals surface area contributed by atoms with Crippen LogP contribution in [0, 0.1) is 5.92 Å². The Morgan fingerprint density at radius 3 is 2.61 bits per heavy atom. The zero-order valence-corrected chi connectivity index (χ0v) is 15.5. The maximum atomic E-state index is 12.9. The summed E-state index contributed by atoms with van der Waals surface area (Å²) < 4.78 is 5.91. The lowest BCUT2D eigenvalue weighted by atomic mass is 10.1. The van der Waals surface area contributed by atoms with Gasteiger partial charge in [0.2, 0.25) is 0 Å². The monoisotopic (exact) mass is 359 g/mol. The number of hydrogen-bond donors (Lipinski definition) is 1. The van der Waals surface area contributed by atoms with E-state index < -0.39 is 5.60 Å². The number of benzene rings is 1. The van der Waals surface area contributed by atoms with Gasteiger partial charge >= 0.3 is 6.09 Å². The van der Waals surface area contributed by atoms with Crippen molar-refractivity contribution in [1.82, 2.24) is 0 Å². The highest BCUT2D eigenvalue weighted by molar-refractivity contribution is 6.35. The predicted octanol–water partition coefficient (Wildman–Crippen LogP) is 4.22. The van der Waals surface area contributed by atoms with Gasteiger partial charge in [-0.05, 0) is 32.9 Å². The summed E-state index contributed by atoms with van der Waals surface area (Å²) in [6, 6.07) is 5.39. The maximum absolute atomic E-state index is 12.9. The second kappa shape index (κ2) is 6.98. The second-order valence-electron chi connectivity index (χ2n) is 7.32. The molecule has 1 heterocycles. The zero-order valence-electron chi connectivity index (χ0n) is 13.9. The molecule has 1 saturated heterocycles. The molecule has 2 rings (SSSR count). The van der Waals surface area contributed by atoms with Gasteiger partial charge < -0.3 is 10.5 Å². The van der Waals surface area contributed by atoms with E-state index in [2.05, 4.69) is 0 Å². The van der Waals surface area contributed by atoms with Crippen molar-refractivity contribution < 1.29 is 14.0 Å². The molecule has 0 bridgehead atoms. The molecule has 128 valence electrons. The van der Waals surface area contributed by atoms with Gasteiger partial charge in [-0.3, -0.25) is 0 Å². The molecular formula is C17H25Cl2N2O2+. The smallest absolute Gasteiger partial charge is 0.414 e. The Morgan fingerprint density at radius 1 is 1.39 bits per heavy atom. The van der Waals surface area contributed by atoms with Crippen LogP contribution in [0.1, 0.15) is 32.8 Å². The molecule has 0 aromatic heterocycles. The van der Waals surface area contributed by atoms with Crippen LogP contribution in [0.5, 0.6) is 0 Å². The van der Waals surface area contributed by atoms with Gasteiger partial charge in [-0.2, -0.15) is 4.79 Å². The van der Waals surface area contributed by atoms with Crippen molar-refractivity contribution in [3.8, 4) is 0 Å². The highest BCUT2D eigenvalue weighted by Crippen LogP contribution is 2.32. The van der Waals surface area contributed by atoms with Crippen molar-refractivity contribution in [1.29, 1.82) is 0 Å². The largest absolute Gasteiger partial charge is 0.516 e. The van der Waals surface area contributed by atoms with Gasteiger partial charge in [-0.15, -0.1) is 0 Å². The van der Waals surface area contributed by atoms with Crippen LogP contribution in [0.4, 0.5) is 4.79 Å². The predicted molar refractivity (Wildman–Crippen MR) is 93.6 cm³/mol. The van der Waals surface area contributed by atoms with Gasteiger partial charge in [-0.1, -0.05) is 29.3 Å². The Kier molecular flexibility index (Phi) is 5.62. The van der Waals surface area contributed by atoms with E-state index in [9.17, 15) is 4.79 Å². The first-order valence-electron chi connectivity index (χ1n) is 7.89. The van der Waals surface area contributed by atoms with Crippen LogP contribution in [0.25, 0.3) is 0 Å². The fourth-order valence-electron chi connectivity index (χ4n) is 3.01. The average Bonchev–Trinajstić information content (AvgIpc) is 2.85. The van der Waals surface area contributed by atoms with Crippen molar-refractivity contribution in [2.45, 2.75) is 39.3 Å². The lowest BCUT2D eigenvalue weighted by Crippen LogP contribution is -2.52. The highest BCUT2D eigenvalue weighted by Gasteiger charge is 2.47. The number of rotatable bonds is 3. The summed E-state index contributed by atoms with van der Waals surface area (Å²) in [6.07, 6.45) is 0.709. The van der Waals surface area contributed by atoms with E-state index in [-0.39, 0.29) is 10.6 Å². The number of carbonyl (C=O) groups excluding carboxylic acids is 1. The zero-order chi connectivity index (χ0) is 17.3. The molecule has 1 aromatic carbocycles. The number of nitrogens with two attached hydrogens (primary N) is 1. The number of ether oxygens (including phenoxy) is 1. The van der Waals surface area contributed by atoms with Crippen LogP contribution in [-0.4, -0.2) is 35.8 Å². The van der Waals surface area contributed by atoms with Gasteiger partial charge in [0, 0.05) is 29.5 Å². The molecule has 4 nitrogen and oxygen atoms in total. The Bertz CT molecular complexity index is 586. The minimum atomic E-state index is -0.521. The van der Waals surface area contributed by atoms with Gasteiger partial charge in [0.25, 0.3) is 0 Å². The van der Waals surface area contributed by atoms with E-state index in [1.54, 1.807) is 12.1 Å². The van der Waals surface area contributed by atoms with Crippen molar-refractivity contribution in [2.24, 2.45) is 11.7 Å². The van der Waals surface area contributed by atoms with Crippen molar-refractivity contribution in [3.05, 3.63) is 33.8 Å². The van der Waals surface area contributed by atoms with E-state index in [1.807, 2.05) is 26.8 Å². The van der Waals surface area contributed by atoms with Crippen molar-refractivity contribution in [2.75, 3.05) is 19.6 Å². The molecule has 0 spiro atoms. The molecule has 0 radical (unpaired) electrons. The van der Waals surface area contributed by atoms with Crippen molar-refractivity contribution in [3.63, 3.8) is 0 Å². The third kappa shape index (κ3) is 4.60. The molecular weight excluding hydrogens is 335 g/mol. The van der Waals surface area contributed by atoms with Crippen LogP contribution in [0.15, 0.2) is 18.2 Å². The lowest BCUT2D eigenvalue weighted by Gasteiger charge is -2.33. The molecule has 1 unspecified atom stereocenters. The molecule has 1 aliphatic heterocycles. The quantitative estimate of drug-likeness (QED) is 0.821. The molecule has 0 saturated carbocycles. The standard InChI is InChI=1S/C17H25Cl2N2O2/c1-17(2,3)23-16(22)21(7-6-12(9-20)10-21)11-13-4-5-14(18)8-15(13)19/h4-5,8,12H,6-7,9-11,20H2,1-3H3/q+1/t12-,21?/m1/s1. The molecule has 1 amide bonds. The van der Waals surface area contributed by atoms with Crippen LogP contribution in [0.3, 0.4) is 0 Å². The SMILES string of the molecule is CC(C)(C)OC(=O)[N+]1(Cc2ccc(Cl)cc2Cl)CC[C@H](CN)C1. The second-order valence-corrected chi connectivity index (χ2v) is 8.16. The molecule has 1 fully saturated rings. The molecule has 2 N–H and O–H groups in total. The van der Waals surface area contributed by atoms with E-state index in [1.165, 1.54) is 0 Å². The summed E-state index contributed by atoms with van der Waals surface area (Å²) in [4.78, 5) is 12.9. The van der Waals surface area contributed by atoms with Crippen LogP contribution in [0.2, 0.25) is 10.0 Å². The summed E-state index contributed by atoms with van der Waals surface area (Å²) in [7, 11) is 0. The molecule has 0 aliphatic carbocycles. The van der Waals surface area contributed by atoms with E-state index >= 15 is 0 Å². The first-order chi connectivity index (χ1) is 10.6. The number of carbonyl (C=O) groups is 1. The minimum absolute atomic E-state index is 0.209. The van der Waals surface area contributed by atoms with Crippen LogP contribution in [-0.2, 0) is 11.3 Å². The number of halogens is 2. The lowest BCUT2D eigenvalue weighted by molar-refractivity contribution is -0.861. The maximum Gasteiger partial charge on any atom is 0.516 e. The topological polar surface area (TPSA) is 52.3 Å². The highest BCUT2D eigenvalue weighted by atomic mass is 35.5. The number of amides is 1. The van der Waals surface area contributed by atoms with Gasteiger partial charge in [0.15, 0.2) is 0 Å². The van der Waals surface area contributed by atoms with E-state index in [4.69, 9.17) is 33.7 Å². The summed E-state index contributed by atoms with van der Waals surface area (Å²) in [5, 5.41) is 1.17. The fourth-order valence-corrected chi connectivity index (χ4v) is 3.48. The van der Waals surface area contributed by atoms with Gasteiger partial charge in [0.1, 0.15) is 12.1 Å². The van der Waals surface area contributed by atoms with E-state index in [0.717, 1.165) is 18.5 Å². The Labute approximate surface area is 148 Å². The molecule has 2 atom stereocenters. The summed E-state index contributed by atoms with van der Waals surface area (Å²) in [5.41, 5.74) is 6.20. The number of quaternary nitrogens is 1. The molecule has 1 aliphatic rings. The minimum Gasteiger partial charge on any atom is -0.414 e. The fraction of sp³-hybridized carbons (Fsp3) is 0.588. The number of likely N-dealkylation sites (tertiary alicyclic amines) is 1. The van der Waals surface area contributed by atoms with Gasteiger partial charge in [0.05, 0.1) is 18.1 Å². The van der Waals surface area contributed by atoms with Crippen molar-refractivity contribution >= 4 is 29.3 Å². The van der Waals surface area contributed by atoms with E-state index in [0.29, 0.717) is 35.6 Å². The third-order valence-electron chi connectivity index (χ3n) is 4.18. The van der Waals surface area contributed by atoms with Crippen LogP contribution < -0.4 is 5.73 Å². The first-order valence-corrected chi connectivity index (χ1v) is 8.64. The summed E-state index contributed by atoms with van der Waals surface area (Å²) in [5.74, 6) is 0.327. The average molecular weight is 360 g/mol. The number of hydrogen-bond acceptors (Lipinski definition) is 3. The normalized spacial score (nSPS) is 24.7. The Hall–Kier alpha value is -0.810. The van der Waals surface area contributed by atoms with Gasteiger partial charge in [-0.25, -0.2) is 4.48 Å². The third-order valence-corrected chi connectivity index (χ3v) is 4.76. The Balaban J connectivity index is 2.29.